The minimum absolute atomic E-state index is 0.0140. The SMILES string of the molecule is OCc1ccnc(OC2CCCc3ccccc32)c1. The molecule has 98 valence electrons. The van der Waals surface area contributed by atoms with Crippen LogP contribution in [-0.4, -0.2) is 10.1 Å². The van der Waals surface area contributed by atoms with Gasteiger partial charge < -0.3 is 9.84 Å². The number of hydrogen-bond donors (Lipinski definition) is 1. The van der Waals surface area contributed by atoms with Crippen molar-refractivity contribution in [2.75, 3.05) is 0 Å². The Kier molecular flexibility index (Phi) is 3.47. The molecular weight excluding hydrogens is 238 g/mol. The second-order valence-electron chi connectivity index (χ2n) is 4.86. The summed E-state index contributed by atoms with van der Waals surface area (Å²) >= 11 is 0. The maximum Gasteiger partial charge on any atom is 0.214 e. The number of benzene rings is 1. The second-order valence-corrected chi connectivity index (χ2v) is 4.86. The molecule has 1 aromatic carbocycles. The summed E-state index contributed by atoms with van der Waals surface area (Å²) in [5, 5.41) is 9.14. The first-order chi connectivity index (χ1) is 9.36. The van der Waals surface area contributed by atoms with E-state index in [1.54, 1.807) is 18.3 Å². The van der Waals surface area contributed by atoms with Crippen molar-refractivity contribution in [2.24, 2.45) is 0 Å². The molecule has 1 atom stereocenters. The van der Waals surface area contributed by atoms with E-state index in [0.29, 0.717) is 5.88 Å². The van der Waals surface area contributed by atoms with Crippen molar-refractivity contribution in [3.63, 3.8) is 0 Å². The van der Waals surface area contributed by atoms with Crippen molar-refractivity contribution in [1.29, 1.82) is 0 Å². The topological polar surface area (TPSA) is 42.4 Å². The number of nitrogens with zero attached hydrogens (tertiary/aromatic N) is 1. The van der Waals surface area contributed by atoms with Crippen LogP contribution in [0.2, 0.25) is 0 Å². The van der Waals surface area contributed by atoms with Crippen LogP contribution in [0.3, 0.4) is 0 Å². The predicted octanol–water partition coefficient (Wildman–Crippen LogP) is 3.03. The van der Waals surface area contributed by atoms with E-state index >= 15 is 0 Å². The van der Waals surface area contributed by atoms with Crippen LogP contribution in [0.25, 0.3) is 0 Å². The highest BCUT2D eigenvalue weighted by atomic mass is 16.5. The maximum atomic E-state index is 9.14. The van der Waals surface area contributed by atoms with Gasteiger partial charge in [-0.15, -0.1) is 0 Å². The number of aryl methyl sites for hydroxylation is 1. The zero-order valence-corrected chi connectivity index (χ0v) is 10.7. The van der Waals surface area contributed by atoms with Gasteiger partial charge in [-0.05, 0) is 42.0 Å². The van der Waals surface area contributed by atoms with Crippen LogP contribution >= 0.6 is 0 Å². The van der Waals surface area contributed by atoms with E-state index in [0.717, 1.165) is 24.8 Å². The van der Waals surface area contributed by atoms with Crippen LogP contribution in [0.5, 0.6) is 5.88 Å². The van der Waals surface area contributed by atoms with Gasteiger partial charge in [0.25, 0.3) is 0 Å². The van der Waals surface area contributed by atoms with Gasteiger partial charge in [0.1, 0.15) is 6.10 Å². The van der Waals surface area contributed by atoms with Crippen molar-refractivity contribution in [3.05, 3.63) is 59.3 Å². The van der Waals surface area contributed by atoms with Crippen molar-refractivity contribution in [2.45, 2.75) is 32.0 Å². The van der Waals surface area contributed by atoms with Crippen molar-refractivity contribution in [1.82, 2.24) is 4.98 Å². The summed E-state index contributed by atoms with van der Waals surface area (Å²) in [4.78, 5) is 4.22. The molecule has 3 rings (SSSR count). The summed E-state index contributed by atoms with van der Waals surface area (Å²) in [6, 6.07) is 12.0. The van der Waals surface area contributed by atoms with Crippen molar-refractivity contribution < 1.29 is 9.84 Å². The van der Waals surface area contributed by atoms with E-state index in [2.05, 4.69) is 29.2 Å². The summed E-state index contributed by atoms with van der Waals surface area (Å²) < 4.78 is 6.00. The van der Waals surface area contributed by atoms with E-state index in [-0.39, 0.29) is 12.7 Å². The van der Waals surface area contributed by atoms with Gasteiger partial charge in [-0.1, -0.05) is 24.3 Å². The van der Waals surface area contributed by atoms with Crippen LogP contribution in [0, 0.1) is 0 Å². The van der Waals surface area contributed by atoms with E-state index in [1.807, 2.05) is 0 Å². The minimum atomic E-state index is 0.0140. The number of aromatic nitrogens is 1. The van der Waals surface area contributed by atoms with E-state index in [4.69, 9.17) is 9.84 Å². The molecule has 0 fully saturated rings. The summed E-state index contributed by atoms with van der Waals surface area (Å²) in [6.45, 7) is 0.0140. The Balaban J connectivity index is 1.84. The lowest BCUT2D eigenvalue weighted by Gasteiger charge is -2.25. The normalized spacial score (nSPS) is 17.8. The smallest absolute Gasteiger partial charge is 0.214 e. The van der Waals surface area contributed by atoms with Gasteiger partial charge >= 0.3 is 0 Å². The van der Waals surface area contributed by atoms with Gasteiger partial charge in [-0.2, -0.15) is 0 Å². The van der Waals surface area contributed by atoms with Crippen LogP contribution in [0.15, 0.2) is 42.6 Å². The number of aliphatic hydroxyl groups excluding tert-OH is 1. The summed E-state index contributed by atoms with van der Waals surface area (Å²) in [5.41, 5.74) is 3.47. The molecule has 3 heteroatoms. The summed E-state index contributed by atoms with van der Waals surface area (Å²) in [6.07, 6.45) is 5.03. The monoisotopic (exact) mass is 255 g/mol. The lowest BCUT2D eigenvalue weighted by Crippen LogP contribution is -2.15. The average Bonchev–Trinajstić information content (AvgIpc) is 2.48. The molecule has 1 aliphatic rings. The van der Waals surface area contributed by atoms with Gasteiger partial charge in [-0.3, -0.25) is 0 Å². The molecule has 1 heterocycles. The first-order valence-corrected chi connectivity index (χ1v) is 6.67. The summed E-state index contributed by atoms with van der Waals surface area (Å²) in [7, 11) is 0. The van der Waals surface area contributed by atoms with Crippen LogP contribution < -0.4 is 4.74 Å². The highest BCUT2D eigenvalue weighted by Crippen LogP contribution is 2.32. The van der Waals surface area contributed by atoms with Gasteiger partial charge in [0, 0.05) is 12.3 Å². The van der Waals surface area contributed by atoms with Gasteiger partial charge in [0.15, 0.2) is 0 Å². The number of rotatable bonds is 3. The molecule has 0 bridgehead atoms. The molecule has 0 saturated carbocycles. The minimum Gasteiger partial charge on any atom is -0.469 e. The zero-order valence-electron chi connectivity index (χ0n) is 10.7. The highest BCUT2D eigenvalue weighted by molar-refractivity contribution is 5.32. The molecule has 3 nitrogen and oxygen atoms in total. The van der Waals surface area contributed by atoms with E-state index in [9.17, 15) is 0 Å². The molecule has 2 aromatic rings. The third kappa shape index (κ3) is 2.61. The lowest BCUT2D eigenvalue weighted by molar-refractivity contribution is 0.175. The molecule has 19 heavy (non-hydrogen) atoms. The quantitative estimate of drug-likeness (QED) is 0.916. The molecule has 1 N–H and O–H groups in total. The maximum absolute atomic E-state index is 9.14. The first kappa shape index (κ1) is 12.2. The van der Waals surface area contributed by atoms with E-state index in [1.165, 1.54) is 11.1 Å². The summed E-state index contributed by atoms with van der Waals surface area (Å²) in [5.74, 6) is 0.591. The molecule has 0 saturated heterocycles. The zero-order chi connectivity index (χ0) is 13.1. The molecule has 0 amide bonds. The first-order valence-electron chi connectivity index (χ1n) is 6.67. The van der Waals surface area contributed by atoms with Crippen LogP contribution in [0.1, 0.15) is 35.6 Å². The average molecular weight is 255 g/mol. The van der Waals surface area contributed by atoms with Crippen LogP contribution in [0.4, 0.5) is 0 Å². The Morgan fingerprint density at radius 1 is 1.26 bits per heavy atom. The van der Waals surface area contributed by atoms with E-state index < -0.39 is 0 Å². The van der Waals surface area contributed by atoms with Crippen LogP contribution in [-0.2, 0) is 13.0 Å². The van der Waals surface area contributed by atoms with Crippen molar-refractivity contribution in [3.8, 4) is 5.88 Å². The molecule has 0 aliphatic heterocycles. The Morgan fingerprint density at radius 2 is 2.16 bits per heavy atom. The van der Waals surface area contributed by atoms with Gasteiger partial charge in [-0.25, -0.2) is 4.98 Å². The molecule has 1 unspecified atom stereocenters. The molecule has 0 radical (unpaired) electrons. The highest BCUT2D eigenvalue weighted by Gasteiger charge is 2.21. The predicted molar refractivity (Wildman–Crippen MR) is 72.9 cm³/mol. The third-order valence-electron chi connectivity index (χ3n) is 3.56. The lowest BCUT2D eigenvalue weighted by atomic mass is 9.89. The number of aliphatic hydroxyl groups is 1. The molecular formula is C16H17NO2. The largest absolute Gasteiger partial charge is 0.469 e. The fourth-order valence-electron chi connectivity index (χ4n) is 2.59. The third-order valence-corrected chi connectivity index (χ3v) is 3.56. The molecule has 1 aromatic heterocycles. The number of hydrogen-bond acceptors (Lipinski definition) is 3. The number of fused-ring (bicyclic) bond motifs is 1. The Labute approximate surface area is 112 Å². The van der Waals surface area contributed by atoms with Gasteiger partial charge in [0.2, 0.25) is 5.88 Å². The Bertz CT molecular complexity index is 568. The van der Waals surface area contributed by atoms with Crippen molar-refractivity contribution >= 4 is 0 Å². The number of ether oxygens (including phenoxy) is 1. The Morgan fingerprint density at radius 3 is 3.05 bits per heavy atom. The molecule has 1 aliphatic carbocycles. The number of pyridine rings is 1. The fraction of sp³-hybridized carbons (Fsp3) is 0.312. The fourth-order valence-corrected chi connectivity index (χ4v) is 2.59. The Hall–Kier alpha value is -1.87. The van der Waals surface area contributed by atoms with Gasteiger partial charge in [0.05, 0.1) is 6.61 Å². The molecule has 0 spiro atoms. The standard InChI is InChI=1S/C16H17NO2/c18-11-12-8-9-17-16(10-12)19-15-7-3-5-13-4-1-2-6-14(13)15/h1-2,4,6,8-10,15,18H,3,5,7,11H2. The second kappa shape index (κ2) is 5.41.